The molecule has 18 heavy (non-hydrogen) atoms. The third-order valence-corrected chi connectivity index (χ3v) is 2.25. The molecule has 0 saturated carbocycles. The Morgan fingerprint density at radius 2 is 1.78 bits per heavy atom. The first-order valence-electron chi connectivity index (χ1n) is 5.38. The second-order valence-corrected chi connectivity index (χ2v) is 3.34. The molecule has 4 nitrogen and oxygen atoms in total. The molecule has 0 heterocycles. The van der Waals surface area contributed by atoms with Crippen molar-refractivity contribution >= 4 is 23.2 Å². The van der Waals surface area contributed by atoms with E-state index >= 15 is 0 Å². The Balaban J connectivity index is 0.00000137. The Bertz CT molecular complexity index is 396. The molecule has 0 bridgehead atoms. The fraction of sp³-hybridized carbons (Fsp3) is 0.417. The molecule has 0 aliphatic heterocycles. The molecule has 1 rings (SSSR count). The number of nitrogens with one attached hydrogen (secondary N) is 1. The maximum Gasteiger partial charge on any atom is 0.221 e. The van der Waals surface area contributed by atoms with E-state index in [1.807, 2.05) is 13.8 Å². The zero-order valence-electron chi connectivity index (χ0n) is 11.1. The molecule has 1 aromatic carbocycles. The van der Waals surface area contributed by atoms with Crippen molar-refractivity contribution < 1.29 is 18.7 Å². The maximum absolute atomic E-state index is 13.7. The molecule has 0 spiro atoms. The fourth-order valence-electron chi connectivity index (χ4n) is 1.17. The molecule has 0 saturated heterocycles. The second-order valence-electron chi connectivity index (χ2n) is 2.97. The van der Waals surface area contributed by atoms with Gasteiger partial charge in [-0.25, -0.2) is 4.39 Å². The molecular weight excluding hydrogens is 261 g/mol. The van der Waals surface area contributed by atoms with Crippen LogP contribution in [0.5, 0.6) is 11.5 Å². The molecule has 0 unspecified atom stereocenters. The van der Waals surface area contributed by atoms with Crippen molar-refractivity contribution in [2.24, 2.45) is 0 Å². The number of benzene rings is 1. The molecular formula is C12H17ClFNO3. The van der Waals surface area contributed by atoms with Crippen LogP contribution in [0.15, 0.2) is 6.07 Å². The van der Waals surface area contributed by atoms with Crippen molar-refractivity contribution in [2.45, 2.75) is 20.8 Å². The summed E-state index contributed by atoms with van der Waals surface area (Å²) in [6, 6.07) is 1.31. The molecule has 0 aliphatic carbocycles. The molecule has 0 fully saturated rings. The molecule has 0 radical (unpaired) electrons. The van der Waals surface area contributed by atoms with Crippen LogP contribution in [0.25, 0.3) is 0 Å². The van der Waals surface area contributed by atoms with Gasteiger partial charge in [0.2, 0.25) is 5.91 Å². The van der Waals surface area contributed by atoms with Crippen LogP contribution in [-0.2, 0) is 4.79 Å². The smallest absolute Gasteiger partial charge is 0.221 e. The summed E-state index contributed by atoms with van der Waals surface area (Å²) in [6.07, 6.45) is 0. The molecule has 1 amide bonds. The summed E-state index contributed by atoms with van der Waals surface area (Å²) in [5.41, 5.74) is -0.148. The summed E-state index contributed by atoms with van der Waals surface area (Å²) in [5.74, 6) is -0.992. The van der Waals surface area contributed by atoms with Gasteiger partial charge >= 0.3 is 0 Å². The van der Waals surface area contributed by atoms with Crippen molar-refractivity contribution in [1.29, 1.82) is 0 Å². The monoisotopic (exact) mass is 277 g/mol. The van der Waals surface area contributed by atoms with E-state index in [9.17, 15) is 9.18 Å². The summed E-state index contributed by atoms with van der Waals surface area (Å²) in [6.45, 7) is 5.25. The van der Waals surface area contributed by atoms with E-state index in [4.69, 9.17) is 21.1 Å². The largest absolute Gasteiger partial charge is 0.495 e. The van der Waals surface area contributed by atoms with Crippen molar-refractivity contribution in [3.05, 3.63) is 16.9 Å². The minimum absolute atomic E-state index is 0.00370. The first-order valence-corrected chi connectivity index (χ1v) is 5.76. The van der Waals surface area contributed by atoms with E-state index in [-0.39, 0.29) is 22.2 Å². The fourth-order valence-corrected chi connectivity index (χ4v) is 1.43. The predicted molar refractivity (Wildman–Crippen MR) is 70.2 cm³/mol. The number of anilines is 1. The van der Waals surface area contributed by atoms with Crippen LogP contribution in [0.1, 0.15) is 20.8 Å². The van der Waals surface area contributed by atoms with Crippen LogP contribution >= 0.6 is 11.6 Å². The van der Waals surface area contributed by atoms with Gasteiger partial charge in [0.1, 0.15) is 16.5 Å². The molecule has 0 aromatic heterocycles. The Morgan fingerprint density at radius 1 is 1.28 bits per heavy atom. The van der Waals surface area contributed by atoms with Gasteiger partial charge in [0, 0.05) is 13.0 Å². The van der Waals surface area contributed by atoms with Gasteiger partial charge in [-0.05, 0) is 0 Å². The normalized spacial score (nSPS) is 9.06. The van der Waals surface area contributed by atoms with E-state index in [1.54, 1.807) is 0 Å². The Labute approximate surface area is 111 Å². The van der Waals surface area contributed by atoms with Crippen molar-refractivity contribution in [2.75, 3.05) is 19.5 Å². The Morgan fingerprint density at radius 3 is 2.17 bits per heavy atom. The average Bonchev–Trinajstić information content (AvgIpc) is 2.37. The SMILES string of the molecule is CC.COc1cc(OC)c(Cl)c(NC(C)=O)c1F. The highest BCUT2D eigenvalue weighted by Crippen LogP contribution is 2.39. The molecule has 0 atom stereocenters. The lowest BCUT2D eigenvalue weighted by molar-refractivity contribution is -0.114. The second kappa shape index (κ2) is 7.76. The van der Waals surface area contributed by atoms with Gasteiger partial charge in [0.25, 0.3) is 0 Å². The highest BCUT2D eigenvalue weighted by Gasteiger charge is 2.19. The van der Waals surface area contributed by atoms with Crippen LogP contribution in [0.4, 0.5) is 10.1 Å². The molecule has 6 heteroatoms. The lowest BCUT2D eigenvalue weighted by Crippen LogP contribution is -2.09. The average molecular weight is 278 g/mol. The van der Waals surface area contributed by atoms with Gasteiger partial charge in [-0.15, -0.1) is 0 Å². The van der Waals surface area contributed by atoms with Crippen LogP contribution in [0, 0.1) is 5.82 Å². The molecule has 0 aliphatic rings. The van der Waals surface area contributed by atoms with Gasteiger partial charge in [-0.1, -0.05) is 25.4 Å². The third kappa shape index (κ3) is 3.77. The summed E-state index contributed by atoms with van der Waals surface area (Å²) >= 11 is 5.85. The van der Waals surface area contributed by atoms with Crippen molar-refractivity contribution in [3.8, 4) is 11.5 Å². The highest BCUT2D eigenvalue weighted by molar-refractivity contribution is 6.35. The minimum Gasteiger partial charge on any atom is -0.495 e. The number of carbonyl (C=O) groups is 1. The number of carbonyl (C=O) groups excluding carboxylic acids is 1. The number of halogens is 2. The molecule has 102 valence electrons. The summed E-state index contributed by atoms with van der Waals surface area (Å²) in [7, 11) is 2.69. The van der Waals surface area contributed by atoms with E-state index in [2.05, 4.69) is 5.32 Å². The quantitative estimate of drug-likeness (QED) is 0.920. The molecule has 1 aromatic rings. The van der Waals surface area contributed by atoms with E-state index in [0.29, 0.717) is 0 Å². The van der Waals surface area contributed by atoms with Crippen LogP contribution < -0.4 is 14.8 Å². The summed E-state index contributed by atoms with van der Waals surface area (Å²) < 4.78 is 23.5. The lowest BCUT2D eigenvalue weighted by Gasteiger charge is -2.13. The van der Waals surface area contributed by atoms with E-state index < -0.39 is 11.7 Å². The van der Waals surface area contributed by atoms with Gasteiger partial charge in [-0.3, -0.25) is 4.79 Å². The Hall–Kier alpha value is -1.49. The van der Waals surface area contributed by atoms with E-state index in [0.717, 1.165) is 0 Å². The first kappa shape index (κ1) is 16.5. The number of hydrogen-bond donors (Lipinski definition) is 1. The number of rotatable bonds is 3. The van der Waals surface area contributed by atoms with Crippen LogP contribution in [0.3, 0.4) is 0 Å². The minimum atomic E-state index is -0.733. The Kier molecular flexibility index (Phi) is 7.12. The highest BCUT2D eigenvalue weighted by atomic mass is 35.5. The predicted octanol–water partition coefficient (Wildman–Crippen LogP) is 3.48. The topological polar surface area (TPSA) is 47.6 Å². The van der Waals surface area contributed by atoms with Gasteiger partial charge in [-0.2, -0.15) is 0 Å². The third-order valence-electron chi connectivity index (χ3n) is 1.87. The zero-order valence-corrected chi connectivity index (χ0v) is 11.8. The van der Waals surface area contributed by atoms with Crippen molar-refractivity contribution in [3.63, 3.8) is 0 Å². The van der Waals surface area contributed by atoms with Gasteiger partial charge in [0.05, 0.1) is 14.2 Å². The van der Waals surface area contributed by atoms with Gasteiger partial charge in [0.15, 0.2) is 11.6 Å². The van der Waals surface area contributed by atoms with Gasteiger partial charge < -0.3 is 14.8 Å². The van der Waals surface area contributed by atoms with Crippen LogP contribution in [0.2, 0.25) is 5.02 Å². The summed E-state index contributed by atoms with van der Waals surface area (Å²) in [4.78, 5) is 10.9. The lowest BCUT2D eigenvalue weighted by atomic mass is 10.2. The number of methoxy groups -OCH3 is 2. The van der Waals surface area contributed by atoms with Crippen molar-refractivity contribution in [1.82, 2.24) is 0 Å². The molecule has 1 N–H and O–H groups in total. The number of ether oxygens (including phenoxy) is 2. The van der Waals surface area contributed by atoms with E-state index in [1.165, 1.54) is 27.2 Å². The summed E-state index contributed by atoms with van der Waals surface area (Å²) in [5, 5.41) is 2.28. The maximum atomic E-state index is 13.7. The standard InChI is InChI=1S/C10H11ClFNO3.C2H6/c1-5(14)13-10-8(11)6(15-2)4-7(16-3)9(10)12;1-2/h4H,1-3H3,(H,13,14);1-2H3. The zero-order chi connectivity index (χ0) is 14.3. The van der Waals surface area contributed by atoms with Crippen LogP contribution in [-0.4, -0.2) is 20.1 Å². The number of amides is 1. The number of hydrogen-bond acceptors (Lipinski definition) is 3. The first-order chi connectivity index (χ1) is 8.51.